The lowest BCUT2D eigenvalue weighted by molar-refractivity contribution is -0.125. The molecule has 144 valence electrons. The Morgan fingerprint density at radius 2 is 2.18 bits per heavy atom. The first-order chi connectivity index (χ1) is 13.6. The molecule has 1 aliphatic heterocycles. The first-order valence-corrected chi connectivity index (χ1v) is 10.9. The van der Waals surface area contributed by atoms with Gasteiger partial charge in [-0.2, -0.15) is 0 Å². The van der Waals surface area contributed by atoms with E-state index in [9.17, 15) is 9.59 Å². The van der Waals surface area contributed by atoms with E-state index >= 15 is 0 Å². The fraction of sp³-hybridized carbons (Fsp3) is 0.300. The minimum absolute atomic E-state index is 0.0617. The van der Waals surface area contributed by atoms with E-state index in [2.05, 4.69) is 15.3 Å². The zero-order valence-corrected chi connectivity index (χ0v) is 17.0. The van der Waals surface area contributed by atoms with Gasteiger partial charge in [-0.25, -0.2) is 4.98 Å². The maximum Gasteiger partial charge on any atom is 0.264 e. The smallest absolute Gasteiger partial charge is 0.264 e. The number of aromatic nitrogens is 2. The molecule has 1 aliphatic rings. The van der Waals surface area contributed by atoms with Crippen LogP contribution in [-0.4, -0.2) is 39.3 Å². The molecule has 2 atom stereocenters. The van der Waals surface area contributed by atoms with Crippen LogP contribution in [0.3, 0.4) is 0 Å². The van der Waals surface area contributed by atoms with Gasteiger partial charge >= 0.3 is 0 Å². The molecule has 28 heavy (non-hydrogen) atoms. The molecule has 0 aliphatic carbocycles. The van der Waals surface area contributed by atoms with Gasteiger partial charge in [-0.3, -0.25) is 14.6 Å². The quantitative estimate of drug-likeness (QED) is 0.693. The van der Waals surface area contributed by atoms with Crippen LogP contribution in [0, 0.1) is 0 Å². The Bertz CT molecular complexity index is 956. The Labute approximate surface area is 171 Å². The van der Waals surface area contributed by atoms with Gasteiger partial charge in [-0.1, -0.05) is 6.07 Å². The van der Waals surface area contributed by atoms with E-state index in [1.54, 1.807) is 23.4 Å². The summed E-state index contributed by atoms with van der Waals surface area (Å²) in [5.74, 6) is -0.179. The van der Waals surface area contributed by atoms with Crippen molar-refractivity contribution in [3.05, 3.63) is 57.3 Å². The van der Waals surface area contributed by atoms with Gasteiger partial charge in [0.05, 0.1) is 16.6 Å². The van der Waals surface area contributed by atoms with E-state index in [1.807, 2.05) is 35.9 Å². The average Bonchev–Trinajstić information content (AvgIpc) is 3.49. The Morgan fingerprint density at radius 3 is 2.93 bits per heavy atom. The monoisotopic (exact) mass is 412 g/mol. The highest BCUT2D eigenvalue weighted by molar-refractivity contribution is 7.12. The normalized spacial score (nSPS) is 17.5. The van der Waals surface area contributed by atoms with Crippen LogP contribution in [-0.2, 0) is 4.79 Å². The summed E-state index contributed by atoms with van der Waals surface area (Å²) in [6.45, 7) is 2.54. The maximum atomic E-state index is 12.9. The highest BCUT2D eigenvalue weighted by atomic mass is 32.1. The Balaban J connectivity index is 1.43. The average molecular weight is 413 g/mol. The van der Waals surface area contributed by atoms with Gasteiger partial charge in [-0.05, 0) is 43.3 Å². The minimum Gasteiger partial charge on any atom is -0.345 e. The summed E-state index contributed by atoms with van der Waals surface area (Å²) in [5, 5.41) is 7.72. The number of hydrogen-bond donors (Lipinski definition) is 1. The second-order valence-corrected chi connectivity index (χ2v) is 8.51. The van der Waals surface area contributed by atoms with E-state index in [0.717, 1.165) is 22.7 Å². The summed E-state index contributed by atoms with van der Waals surface area (Å²) in [6.07, 6.45) is 5.03. The van der Waals surface area contributed by atoms with Crippen LogP contribution in [0.15, 0.2) is 47.4 Å². The van der Waals surface area contributed by atoms with Crippen molar-refractivity contribution in [2.75, 3.05) is 6.54 Å². The number of nitrogens with zero attached hydrogens (tertiary/aromatic N) is 3. The number of thiophene rings is 1. The summed E-state index contributed by atoms with van der Waals surface area (Å²) in [7, 11) is 0. The molecule has 3 aromatic heterocycles. The molecule has 4 rings (SSSR count). The predicted octanol–water partition coefficient (Wildman–Crippen LogP) is 3.75. The lowest BCUT2D eigenvalue weighted by Gasteiger charge is -2.24. The molecule has 0 bridgehead atoms. The van der Waals surface area contributed by atoms with Crippen LogP contribution in [0.1, 0.15) is 40.5 Å². The molecule has 8 heteroatoms. The van der Waals surface area contributed by atoms with Gasteiger partial charge in [0.25, 0.3) is 5.91 Å². The lowest BCUT2D eigenvalue weighted by Crippen LogP contribution is -2.46. The number of nitrogens with one attached hydrogen (secondary N) is 1. The molecule has 1 N–H and O–H groups in total. The van der Waals surface area contributed by atoms with Gasteiger partial charge in [0.1, 0.15) is 11.0 Å². The minimum atomic E-state index is -0.421. The summed E-state index contributed by atoms with van der Waals surface area (Å²) in [5.41, 5.74) is 1.80. The first-order valence-electron chi connectivity index (χ1n) is 9.14. The van der Waals surface area contributed by atoms with Crippen LogP contribution in [0.5, 0.6) is 0 Å². The fourth-order valence-electron chi connectivity index (χ4n) is 3.33. The number of carbonyl (C=O) groups excluding carboxylic acids is 2. The molecule has 2 amide bonds. The maximum absolute atomic E-state index is 12.9. The van der Waals surface area contributed by atoms with Crippen LogP contribution in [0.25, 0.3) is 11.3 Å². The Hall–Kier alpha value is -2.58. The van der Waals surface area contributed by atoms with Crippen molar-refractivity contribution in [2.45, 2.75) is 31.8 Å². The van der Waals surface area contributed by atoms with E-state index in [4.69, 9.17) is 0 Å². The van der Waals surface area contributed by atoms with Crippen molar-refractivity contribution in [2.24, 2.45) is 0 Å². The summed E-state index contributed by atoms with van der Waals surface area (Å²) >= 11 is 2.92. The number of thiazole rings is 1. The highest BCUT2D eigenvalue weighted by Gasteiger charge is 2.35. The highest BCUT2D eigenvalue weighted by Crippen LogP contribution is 2.26. The van der Waals surface area contributed by atoms with Crippen LogP contribution < -0.4 is 5.32 Å². The standard InChI is InChI=1S/C20H20N4O2S2/c1-13(19-23-15(12-28-19)14-5-2-8-21-11-14)22-18(25)16-6-3-9-24(16)20(26)17-7-4-10-27-17/h2,4-5,7-8,10-13,16H,3,6,9H2,1H3,(H,22,25)/t13?,16-/m0/s1. The number of rotatable bonds is 5. The van der Waals surface area contributed by atoms with Crippen LogP contribution in [0.2, 0.25) is 0 Å². The summed E-state index contributed by atoms with van der Waals surface area (Å²) < 4.78 is 0. The molecule has 0 radical (unpaired) electrons. The van der Waals surface area contributed by atoms with Crippen LogP contribution >= 0.6 is 22.7 Å². The first kappa shape index (κ1) is 18.8. The molecule has 1 unspecified atom stereocenters. The number of carbonyl (C=O) groups is 2. The van der Waals surface area contributed by atoms with Crippen molar-refractivity contribution in [1.29, 1.82) is 0 Å². The molecule has 4 heterocycles. The third-order valence-electron chi connectivity index (χ3n) is 4.76. The predicted molar refractivity (Wildman–Crippen MR) is 110 cm³/mol. The molecule has 6 nitrogen and oxygen atoms in total. The van der Waals surface area contributed by atoms with Crippen molar-refractivity contribution >= 4 is 34.5 Å². The zero-order valence-electron chi connectivity index (χ0n) is 15.4. The van der Waals surface area contributed by atoms with E-state index in [1.165, 1.54) is 22.7 Å². The lowest BCUT2D eigenvalue weighted by atomic mass is 10.2. The topological polar surface area (TPSA) is 75.2 Å². The second kappa shape index (κ2) is 8.20. The van der Waals surface area contributed by atoms with Crippen molar-refractivity contribution in [3.63, 3.8) is 0 Å². The van der Waals surface area contributed by atoms with Gasteiger partial charge in [0.15, 0.2) is 0 Å². The number of amides is 2. The Morgan fingerprint density at radius 1 is 1.29 bits per heavy atom. The summed E-state index contributed by atoms with van der Waals surface area (Å²) in [4.78, 5) is 36.7. The molecular weight excluding hydrogens is 392 g/mol. The fourth-order valence-corrected chi connectivity index (χ4v) is 4.84. The zero-order chi connectivity index (χ0) is 19.5. The third kappa shape index (κ3) is 3.83. The molecule has 1 fully saturated rings. The number of pyridine rings is 1. The van der Waals surface area contributed by atoms with Crippen LogP contribution in [0.4, 0.5) is 0 Å². The van der Waals surface area contributed by atoms with Crippen molar-refractivity contribution < 1.29 is 9.59 Å². The van der Waals surface area contributed by atoms with Gasteiger partial charge in [0.2, 0.25) is 5.91 Å². The van der Waals surface area contributed by atoms with E-state index < -0.39 is 6.04 Å². The molecule has 0 aromatic carbocycles. The molecule has 0 spiro atoms. The largest absolute Gasteiger partial charge is 0.345 e. The summed E-state index contributed by atoms with van der Waals surface area (Å²) in [6, 6.07) is 6.85. The molecular formula is C20H20N4O2S2. The van der Waals surface area contributed by atoms with Gasteiger partial charge in [-0.15, -0.1) is 22.7 Å². The van der Waals surface area contributed by atoms with Crippen molar-refractivity contribution in [3.8, 4) is 11.3 Å². The van der Waals surface area contributed by atoms with Crippen molar-refractivity contribution in [1.82, 2.24) is 20.2 Å². The van der Waals surface area contributed by atoms with E-state index in [0.29, 0.717) is 17.8 Å². The third-order valence-corrected chi connectivity index (χ3v) is 6.64. The molecule has 1 saturated heterocycles. The second-order valence-electron chi connectivity index (χ2n) is 6.68. The van der Waals surface area contributed by atoms with E-state index in [-0.39, 0.29) is 17.9 Å². The van der Waals surface area contributed by atoms with Gasteiger partial charge < -0.3 is 10.2 Å². The van der Waals surface area contributed by atoms with Gasteiger partial charge in [0, 0.05) is 29.9 Å². The molecule has 3 aromatic rings. The Kier molecular flexibility index (Phi) is 5.50. The molecule has 0 saturated carbocycles. The SMILES string of the molecule is CC(NC(=O)[C@@H]1CCCN1C(=O)c1cccs1)c1nc(-c2cccnc2)cs1. The number of likely N-dealkylation sites (tertiary alicyclic amines) is 1. The number of hydrogen-bond acceptors (Lipinski definition) is 6.